The molecular formula is C18H26N2O5. The molecule has 0 aromatic heterocycles. The van der Waals surface area contributed by atoms with Gasteiger partial charge >= 0.3 is 6.09 Å². The molecule has 7 nitrogen and oxygen atoms in total. The molecule has 0 spiro atoms. The molecule has 0 radical (unpaired) electrons. The van der Waals surface area contributed by atoms with Gasteiger partial charge in [0.05, 0.1) is 12.7 Å². The molecule has 0 unspecified atom stereocenters. The number of anilines is 2. The van der Waals surface area contributed by atoms with Crippen molar-refractivity contribution < 1.29 is 23.8 Å². The summed E-state index contributed by atoms with van der Waals surface area (Å²) >= 11 is 0. The van der Waals surface area contributed by atoms with Crippen molar-refractivity contribution in [3.05, 3.63) is 24.3 Å². The number of ether oxygens (including phenoxy) is 3. The molecule has 1 aliphatic rings. The Morgan fingerprint density at radius 3 is 2.52 bits per heavy atom. The lowest BCUT2D eigenvalue weighted by atomic mass is 9.98. The van der Waals surface area contributed by atoms with Gasteiger partial charge in [-0.3, -0.25) is 10.1 Å². The molecule has 2 N–H and O–H groups in total. The van der Waals surface area contributed by atoms with Crippen LogP contribution < -0.4 is 10.6 Å². The lowest BCUT2D eigenvalue weighted by Gasteiger charge is -2.21. The molecule has 0 atom stereocenters. The monoisotopic (exact) mass is 350 g/mol. The lowest BCUT2D eigenvalue weighted by Crippen LogP contribution is -2.24. The Labute approximate surface area is 148 Å². The van der Waals surface area contributed by atoms with Crippen LogP contribution in [0.5, 0.6) is 0 Å². The van der Waals surface area contributed by atoms with E-state index in [1.54, 1.807) is 24.3 Å². The highest BCUT2D eigenvalue weighted by Crippen LogP contribution is 2.20. The zero-order valence-electron chi connectivity index (χ0n) is 14.6. The molecule has 2 rings (SSSR count). The van der Waals surface area contributed by atoms with Crippen molar-refractivity contribution in [2.75, 3.05) is 37.6 Å². The highest BCUT2D eigenvalue weighted by atomic mass is 16.6. The van der Waals surface area contributed by atoms with Crippen LogP contribution in [0.2, 0.25) is 0 Å². The summed E-state index contributed by atoms with van der Waals surface area (Å²) in [6.45, 7) is 0.559. The molecule has 0 saturated heterocycles. The van der Waals surface area contributed by atoms with Crippen LogP contribution in [0.15, 0.2) is 24.3 Å². The zero-order valence-corrected chi connectivity index (χ0v) is 14.6. The molecule has 138 valence electrons. The molecule has 1 saturated carbocycles. The largest absolute Gasteiger partial charge is 0.447 e. The van der Waals surface area contributed by atoms with E-state index < -0.39 is 6.09 Å². The Morgan fingerprint density at radius 1 is 1.08 bits per heavy atom. The van der Waals surface area contributed by atoms with Crippen molar-refractivity contribution in [2.45, 2.75) is 38.2 Å². The first-order chi connectivity index (χ1) is 12.2. The predicted molar refractivity (Wildman–Crippen MR) is 94.7 cm³/mol. The van der Waals surface area contributed by atoms with Gasteiger partial charge in [-0.15, -0.1) is 0 Å². The van der Waals surface area contributed by atoms with Crippen molar-refractivity contribution in [1.82, 2.24) is 0 Å². The normalized spacial score (nSPS) is 14.8. The molecule has 7 heteroatoms. The van der Waals surface area contributed by atoms with Gasteiger partial charge in [0.1, 0.15) is 13.2 Å². The fourth-order valence-electron chi connectivity index (χ4n) is 2.67. The van der Waals surface area contributed by atoms with E-state index in [4.69, 9.17) is 14.2 Å². The minimum Gasteiger partial charge on any atom is -0.447 e. The number of nitrogens with one attached hydrogen (secondary N) is 2. The maximum atomic E-state index is 12.0. The third-order valence-corrected chi connectivity index (χ3v) is 3.92. The van der Waals surface area contributed by atoms with Crippen molar-refractivity contribution >= 4 is 23.4 Å². The Kier molecular flexibility index (Phi) is 8.21. The van der Waals surface area contributed by atoms with Gasteiger partial charge in [-0.25, -0.2) is 4.79 Å². The van der Waals surface area contributed by atoms with Crippen LogP contribution in [0.25, 0.3) is 0 Å². The van der Waals surface area contributed by atoms with Crippen LogP contribution in [0.1, 0.15) is 32.1 Å². The first kappa shape index (κ1) is 19.2. The van der Waals surface area contributed by atoms with Crippen LogP contribution >= 0.6 is 0 Å². The number of hydrogen-bond donors (Lipinski definition) is 2. The van der Waals surface area contributed by atoms with Crippen molar-refractivity contribution in [3.8, 4) is 0 Å². The Morgan fingerprint density at radius 2 is 1.80 bits per heavy atom. The highest BCUT2D eigenvalue weighted by Gasteiger charge is 2.15. The molecule has 2 amide bonds. The fourth-order valence-corrected chi connectivity index (χ4v) is 2.67. The first-order valence-electron chi connectivity index (χ1n) is 8.61. The van der Waals surface area contributed by atoms with Crippen molar-refractivity contribution in [3.63, 3.8) is 0 Å². The SMILES string of the molecule is COCCOC(=O)Nc1cccc(NC(=O)COC2CCCCC2)c1. The molecule has 25 heavy (non-hydrogen) atoms. The van der Waals surface area contributed by atoms with E-state index in [1.165, 1.54) is 26.4 Å². The number of amides is 2. The summed E-state index contributed by atoms with van der Waals surface area (Å²) in [6.07, 6.45) is 5.26. The minimum absolute atomic E-state index is 0.0430. The second-order valence-electron chi connectivity index (χ2n) is 5.95. The van der Waals surface area contributed by atoms with Crippen molar-refractivity contribution in [1.29, 1.82) is 0 Å². The highest BCUT2D eigenvalue weighted by molar-refractivity contribution is 5.93. The summed E-state index contributed by atoms with van der Waals surface area (Å²) in [7, 11) is 1.53. The fraction of sp³-hybridized carbons (Fsp3) is 0.556. The standard InChI is InChI=1S/C18H26N2O5/c1-23-10-11-24-18(22)20-15-7-5-6-14(12-15)19-17(21)13-25-16-8-3-2-4-9-16/h5-7,12,16H,2-4,8-11,13H2,1H3,(H,19,21)(H,20,22). The molecular weight excluding hydrogens is 324 g/mol. The van der Waals surface area contributed by atoms with Crippen LogP contribution in [-0.4, -0.2) is 45.0 Å². The molecule has 1 fully saturated rings. The van der Waals surface area contributed by atoms with Crippen LogP contribution in [-0.2, 0) is 19.0 Å². The maximum absolute atomic E-state index is 12.0. The summed E-state index contributed by atoms with van der Waals surface area (Å²) in [6, 6.07) is 6.87. The summed E-state index contributed by atoms with van der Waals surface area (Å²) in [5.74, 6) is -0.203. The number of hydrogen-bond acceptors (Lipinski definition) is 5. The maximum Gasteiger partial charge on any atom is 0.411 e. The van der Waals surface area contributed by atoms with Crippen LogP contribution in [0, 0.1) is 0 Å². The van der Waals surface area contributed by atoms with E-state index in [1.807, 2.05) is 0 Å². The average Bonchev–Trinajstić information content (AvgIpc) is 2.61. The average molecular weight is 350 g/mol. The van der Waals surface area contributed by atoms with E-state index in [2.05, 4.69) is 10.6 Å². The molecule has 0 aliphatic heterocycles. The molecule has 1 aliphatic carbocycles. The predicted octanol–water partition coefficient (Wildman–Crippen LogP) is 3.17. The quantitative estimate of drug-likeness (QED) is 0.703. The van der Waals surface area contributed by atoms with Gasteiger partial charge in [0.2, 0.25) is 5.91 Å². The van der Waals surface area contributed by atoms with Gasteiger partial charge < -0.3 is 19.5 Å². The topological polar surface area (TPSA) is 85.9 Å². The minimum atomic E-state index is -0.568. The summed E-state index contributed by atoms with van der Waals surface area (Å²) in [4.78, 5) is 23.6. The second-order valence-corrected chi connectivity index (χ2v) is 5.95. The third-order valence-electron chi connectivity index (χ3n) is 3.92. The van der Waals surface area contributed by atoms with Gasteiger partial charge in [0, 0.05) is 18.5 Å². The van der Waals surface area contributed by atoms with Crippen LogP contribution in [0.3, 0.4) is 0 Å². The van der Waals surface area contributed by atoms with E-state index in [0.29, 0.717) is 18.0 Å². The van der Waals surface area contributed by atoms with Crippen LogP contribution in [0.4, 0.5) is 16.2 Å². The number of rotatable bonds is 8. The smallest absolute Gasteiger partial charge is 0.411 e. The first-order valence-corrected chi connectivity index (χ1v) is 8.61. The van der Waals surface area contributed by atoms with Gasteiger partial charge in [-0.1, -0.05) is 25.3 Å². The Hall–Kier alpha value is -2.12. The van der Waals surface area contributed by atoms with E-state index in [9.17, 15) is 9.59 Å². The van der Waals surface area contributed by atoms with Gasteiger partial charge in [0.25, 0.3) is 0 Å². The van der Waals surface area contributed by atoms with Gasteiger partial charge in [-0.2, -0.15) is 0 Å². The van der Waals surface area contributed by atoms with E-state index >= 15 is 0 Å². The number of carbonyl (C=O) groups excluding carboxylic acids is 2. The number of methoxy groups -OCH3 is 1. The second kappa shape index (κ2) is 10.7. The molecule has 1 aromatic carbocycles. The summed E-state index contributed by atoms with van der Waals surface area (Å²) < 4.78 is 15.4. The van der Waals surface area contributed by atoms with E-state index in [-0.39, 0.29) is 25.2 Å². The Bertz CT molecular complexity index is 558. The van der Waals surface area contributed by atoms with Crippen molar-refractivity contribution in [2.24, 2.45) is 0 Å². The third kappa shape index (κ3) is 7.53. The van der Waals surface area contributed by atoms with Gasteiger partial charge in [-0.05, 0) is 31.0 Å². The van der Waals surface area contributed by atoms with Gasteiger partial charge in [0.15, 0.2) is 0 Å². The molecule has 0 heterocycles. The lowest BCUT2D eigenvalue weighted by molar-refractivity contribution is -0.123. The molecule has 0 bridgehead atoms. The molecule has 1 aromatic rings. The van der Waals surface area contributed by atoms with E-state index in [0.717, 1.165) is 12.8 Å². The Balaban J connectivity index is 1.75. The zero-order chi connectivity index (χ0) is 17.9. The summed E-state index contributed by atoms with van der Waals surface area (Å²) in [5.41, 5.74) is 1.13. The summed E-state index contributed by atoms with van der Waals surface area (Å²) in [5, 5.41) is 5.37. The number of benzene rings is 1. The number of carbonyl (C=O) groups is 2.